The van der Waals surface area contributed by atoms with Gasteiger partial charge < -0.3 is 4.74 Å². The van der Waals surface area contributed by atoms with Gasteiger partial charge in [-0.2, -0.15) is 5.10 Å². The predicted octanol–water partition coefficient (Wildman–Crippen LogP) is 5.28. The molecule has 0 bridgehead atoms. The van der Waals surface area contributed by atoms with Crippen LogP contribution in [0.4, 0.5) is 4.39 Å². The minimum Gasteiger partial charge on any atom is -0.381 e. The van der Waals surface area contributed by atoms with Crippen molar-refractivity contribution in [1.29, 1.82) is 0 Å². The summed E-state index contributed by atoms with van der Waals surface area (Å²) in [5.41, 5.74) is 4.26. The maximum Gasteiger partial charge on any atom is 0.149 e. The van der Waals surface area contributed by atoms with Gasteiger partial charge in [0.05, 0.1) is 11.4 Å². The monoisotopic (exact) mass is 340 g/mol. The molecular formula is C21H25FN2O. The van der Waals surface area contributed by atoms with Crippen LogP contribution in [0.5, 0.6) is 0 Å². The molecule has 0 N–H and O–H groups in total. The molecule has 25 heavy (non-hydrogen) atoms. The van der Waals surface area contributed by atoms with Gasteiger partial charge in [0.2, 0.25) is 0 Å². The zero-order chi connectivity index (χ0) is 17.8. The highest BCUT2D eigenvalue weighted by Crippen LogP contribution is 2.33. The van der Waals surface area contributed by atoms with Crippen molar-refractivity contribution >= 4 is 12.2 Å². The van der Waals surface area contributed by atoms with E-state index in [2.05, 4.69) is 25.7 Å². The molecule has 0 amide bonds. The zero-order valence-electron chi connectivity index (χ0n) is 15.0. The lowest BCUT2D eigenvalue weighted by Gasteiger charge is -2.21. The highest BCUT2D eigenvalue weighted by atomic mass is 19.1. The molecule has 0 saturated carbocycles. The number of ether oxygens (including phenoxy) is 1. The summed E-state index contributed by atoms with van der Waals surface area (Å²) in [5, 5.41) is 4.82. The minimum atomic E-state index is -0.268. The quantitative estimate of drug-likeness (QED) is 0.740. The topological polar surface area (TPSA) is 27.1 Å². The molecule has 0 spiro atoms. The third kappa shape index (κ3) is 3.59. The molecule has 3 rings (SSSR count). The first-order chi connectivity index (χ1) is 12.2. The Labute approximate surface area is 148 Å². The summed E-state index contributed by atoms with van der Waals surface area (Å²) in [7, 11) is 0. The molecule has 1 aromatic carbocycles. The van der Waals surface area contributed by atoms with Crippen molar-refractivity contribution in [2.24, 2.45) is 0 Å². The molecular weight excluding hydrogens is 315 g/mol. The summed E-state index contributed by atoms with van der Waals surface area (Å²) in [6.07, 6.45) is 8.80. The van der Waals surface area contributed by atoms with Crippen LogP contribution in [0.1, 0.15) is 54.6 Å². The second kappa shape index (κ2) is 7.79. The van der Waals surface area contributed by atoms with Crippen molar-refractivity contribution in [3.8, 4) is 5.69 Å². The van der Waals surface area contributed by atoms with Gasteiger partial charge in [-0.15, -0.1) is 0 Å². The average Bonchev–Trinajstić information content (AvgIpc) is 2.99. The van der Waals surface area contributed by atoms with Crippen molar-refractivity contribution in [3.63, 3.8) is 0 Å². The number of halogens is 1. The first-order valence-corrected chi connectivity index (χ1v) is 8.91. The first-order valence-electron chi connectivity index (χ1n) is 8.91. The Kier molecular flexibility index (Phi) is 5.49. The second-order valence-electron chi connectivity index (χ2n) is 6.45. The number of hydrogen-bond donors (Lipinski definition) is 0. The molecule has 1 aliphatic rings. The van der Waals surface area contributed by atoms with Crippen LogP contribution in [0.15, 0.2) is 30.9 Å². The van der Waals surface area contributed by atoms with E-state index < -0.39 is 0 Å². The van der Waals surface area contributed by atoms with Gasteiger partial charge in [-0.1, -0.05) is 31.7 Å². The Balaban J connectivity index is 2.16. The van der Waals surface area contributed by atoms with E-state index in [0.717, 1.165) is 55.0 Å². The fourth-order valence-corrected chi connectivity index (χ4v) is 3.30. The van der Waals surface area contributed by atoms with E-state index in [1.54, 1.807) is 22.9 Å². The largest absolute Gasteiger partial charge is 0.381 e. The van der Waals surface area contributed by atoms with Crippen LogP contribution in [0.2, 0.25) is 0 Å². The Morgan fingerprint density at radius 2 is 2.12 bits per heavy atom. The number of allylic oxidation sites excluding steroid dienone is 1. The van der Waals surface area contributed by atoms with E-state index in [9.17, 15) is 4.39 Å². The lowest BCUT2D eigenvalue weighted by molar-refractivity contribution is 0.0844. The van der Waals surface area contributed by atoms with Crippen molar-refractivity contribution in [3.05, 3.63) is 59.2 Å². The van der Waals surface area contributed by atoms with E-state index >= 15 is 0 Å². The van der Waals surface area contributed by atoms with Gasteiger partial charge in [0.1, 0.15) is 11.5 Å². The highest BCUT2D eigenvalue weighted by molar-refractivity contribution is 5.66. The summed E-state index contributed by atoms with van der Waals surface area (Å²) >= 11 is 0. The van der Waals surface area contributed by atoms with Crippen LogP contribution in [0.25, 0.3) is 17.8 Å². The van der Waals surface area contributed by atoms with Crippen molar-refractivity contribution in [2.75, 3.05) is 13.2 Å². The van der Waals surface area contributed by atoms with E-state index in [1.807, 2.05) is 13.0 Å². The van der Waals surface area contributed by atoms with Crippen molar-refractivity contribution < 1.29 is 9.13 Å². The van der Waals surface area contributed by atoms with Crippen LogP contribution in [-0.4, -0.2) is 23.0 Å². The number of aromatic nitrogens is 2. The van der Waals surface area contributed by atoms with Gasteiger partial charge in [0.25, 0.3) is 0 Å². The molecule has 0 unspecified atom stereocenters. The molecule has 4 heteroatoms. The molecule has 0 atom stereocenters. The number of aryl methyl sites for hydroxylation is 1. The maximum absolute atomic E-state index is 14.6. The Morgan fingerprint density at radius 1 is 1.36 bits per heavy atom. The Hall–Kier alpha value is -2.20. The van der Waals surface area contributed by atoms with Crippen LogP contribution in [0, 0.1) is 12.7 Å². The summed E-state index contributed by atoms with van der Waals surface area (Å²) < 4.78 is 21.7. The van der Waals surface area contributed by atoms with Gasteiger partial charge in [-0.25, -0.2) is 9.07 Å². The Bertz CT molecular complexity index is 785. The van der Waals surface area contributed by atoms with Gasteiger partial charge in [0.15, 0.2) is 0 Å². The fourth-order valence-electron chi connectivity index (χ4n) is 3.30. The van der Waals surface area contributed by atoms with Crippen LogP contribution in [-0.2, 0) is 4.74 Å². The summed E-state index contributed by atoms with van der Waals surface area (Å²) in [6, 6.07) is 5.23. The summed E-state index contributed by atoms with van der Waals surface area (Å²) in [5.74, 6) is 0.0638. The molecule has 1 saturated heterocycles. The van der Waals surface area contributed by atoms with Gasteiger partial charge in [0, 0.05) is 24.7 Å². The molecule has 2 heterocycles. The molecule has 0 aliphatic carbocycles. The van der Waals surface area contributed by atoms with E-state index in [0.29, 0.717) is 11.6 Å². The van der Waals surface area contributed by atoms with Gasteiger partial charge in [-0.3, -0.25) is 0 Å². The smallest absolute Gasteiger partial charge is 0.149 e. The molecule has 1 aliphatic heterocycles. The first kappa shape index (κ1) is 17.6. The molecule has 3 nitrogen and oxygen atoms in total. The SMILES string of the molecule is C=Cc1c(/C=C\CC)c(C2CCOCC2)nn1-c1ccc(C)cc1F. The minimum absolute atomic E-state index is 0.268. The van der Waals surface area contributed by atoms with E-state index in [4.69, 9.17) is 9.84 Å². The van der Waals surface area contributed by atoms with Crippen molar-refractivity contribution in [1.82, 2.24) is 9.78 Å². The summed E-state index contributed by atoms with van der Waals surface area (Å²) in [4.78, 5) is 0. The molecule has 1 fully saturated rings. The Morgan fingerprint density at radius 3 is 2.76 bits per heavy atom. The maximum atomic E-state index is 14.6. The highest BCUT2D eigenvalue weighted by Gasteiger charge is 2.25. The number of benzene rings is 1. The fraction of sp³-hybridized carbons (Fsp3) is 0.381. The standard InChI is InChI=1S/C21H25FN2O/c1-4-6-7-17-19(5-2)24(20-9-8-15(3)14-18(20)22)23-21(17)16-10-12-25-13-11-16/h5-9,14,16H,2,4,10-13H2,1,3H3/b7-6-. The zero-order valence-corrected chi connectivity index (χ0v) is 15.0. The van der Waals surface area contributed by atoms with Gasteiger partial charge >= 0.3 is 0 Å². The van der Waals surface area contributed by atoms with Crippen LogP contribution >= 0.6 is 0 Å². The van der Waals surface area contributed by atoms with Crippen LogP contribution in [0.3, 0.4) is 0 Å². The lowest BCUT2D eigenvalue weighted by Crippen LogP contribution is -2.15. The van der Waals surface area contributed by atoms with Crippen molar-refractivity contribution in [2.45, 2.75) is 39.0 Å². The third-order valence-corrected chi connectivity index (χ3v) is 4.64. The lowest BCUT2D eigenvalue weighted by atomic mass is 9.92. The van der Waals surface area contributed by atoms with Gasteiger partial charge in [-0.05, 0) is 50.0 Å². The number of nitrogens with zero attached hydrogens (tertiary/aromatic N) is 2. The second-order valence-corrected chi connectivity index (χ2v) is 6.45. The summed E-state index contributed by atoms with van der Waals surface area (Å²) in [6.45, 7) is 9.42. The normalized spacial score (nSPS) is 15.8. The van der Waals surface area contributed by atoms with E-state index in [1.165, 1.54) is 0 Å². The molecule has 132 valence electrons. The van der Waals surface area contributed by atoms with Crippen LogP contribution < -0.4 is 0 Å². The molecule has 0 radical (unpaired) electrons. The molecule has 1 aromatic heterocycles. The number of rotatable bonds is 5. The average molecular weight is 340 g/mol. The molecule has 2 aromatic rings. The predicted molar refractivity (Wildman–Crippen MR) is 100 cm³/mol. The third-order valence-electron chi connectivity index (χ3n) is 4.64. The number of hydrogen-bond acceptors (Lipinski definition) is 2. The van der Waals surface area contributed by atoms with E-state index in [-0.39, 0.29) is 5.82 Å².